The van der Waals surface area contributed by atoms with Crippen molar-refractivity contribution >= 4 is 6.03 Å². The number of amides is 2. The highest BCUT2D eigenvalue weighted by atomic mass is 16.2. The third-order valence-electron chi connectivity index (χ3n) is 4.41. The molecule has 1 aliphatic carbocycles. The van der Waals surface area contributed by atoms with Gasteiger partial charge in [-0.3, -0.25) is 0 Å². The zero-order valence-corrected chi connectivity index (χ0v) is 11.3. The van der Waals surface area contributed by atoms with E-state index >= 15 is 0 Å². The number of piperidine rings is 1. The molecule has 1 saturated carbocycles. The van der Waals surface area contributed by atoms with Crippen molar-refractivity contribution in [3.63, 3.8) is 0 Å². The highest BCUT2D eigenvalue weighted by Crippen LogP contribution is 2.25. The Bertz CT molecular complexity index is 253. The Balaban J connectivity index is 1.92. The Morgan fingerprint density at radius 3 is 2.29 bits per heavy atom. The van der Waals surface area contributed by atoms with Gasteiger partial charge in [-0.25, -0.2) is 4.79 Å². The largest absolute Gasteiger partial charge is 0.325 e. The molecule has 2 rings (SSSR count). The van der Waals surface area contributed by atoms with E-state index in [0.29, 0.717) is 12.1 Å². The lowest BCUT2D eigenvalue weighted by Crippen LogP contribution is -2.49. The fourth-order valence-corrected chi connectivity index (χ4v) is 3.15. The summed E-state index contributed by atoms with van der Waals surface area (Å²) in [6.07, 6.45) is 7.37. The maximum Gasteiger partial charge on any atom is 0.320 e. The highest BCUT2D eigenvalue weighted by molar-refractivity contribution is 5.75. The first-order valence-electron chi connectivity index (χ1n) is 7.28. The van der Waals surface area contributed by atoms with Gasteiger partial charge in [0.1, 0.15) is 0 Å². The summed E-state index contributed by atoms with van der Waals surface area (Å²) in [5, 5.41) is 0. The van der Waals surface area contributed by atoms with Crippen LogP contribution in [-0.2, 0) is 0 Å². The van der Waals surface area contributed by atoms with E-state index in [-0.39, 0.29) is 0 Å². The van der Waals surface area contributed by atoms with Crippen LogP contribution in [0.3, 0.4) is 0 Å². The lowest BCUT2D eigenvalue weighted by Gasteiger charge is -2.37. The van der Waals surface area contributed by atoms with Crippen molar-refractivity contribution < 1.29 is 4.79 Å². The van der Waals surface area contributed by atoms with Gasteiger partial charge in [0.25, 0.3) is 0 Å². The number of urea groups is 1. The number of hydrogen-bond acceptors (Lipinski definition) is 1. The predicted octanol–water partition coefficient (Wildman–Crippen LogP) is 3.10. The molecular formula is C14H26N2O. The van der Waals surface area contributed by atoms with Crippen LogP contribution in [0, 0.1) is 5.92 Å². The third kappa shape index (κ3) is 2.93. The van der Waals surface area contributed by atoms with E-state index in [1.54, 1.807) is 0 Å². The first kappa shape index (κ1) is 12.7. The molecule has 2 aliphatic rings. The first-order chi connectivity index (χ1) is 8.22. The van der Waals surface area contributed by atoms with E-state index in [0.717, 1.165) is 25.6 Å². The maximum atomic E-state index is 12.5. The predicted molar refractivity (Wildman–Crippen MR) is 70.0 cm³/mol. The van der Waals surface area contributed by atoms with Gasteiger partial charge in [-0.05, 0) is 38.5 Å². The highest BCUT2D eigenvalue weighted by Gasteiger charge is 2.30. The standard InChI is InChI=1S/C14H26N2O/c1-3-16(13-6-4-5-7-13)14(17)15-10-8-12(2)9-11-15/h12-13H,3-11H2,1-2H3. The van der Waals surface area contributed by atoms with E-state index in [2.05, 4.69) is 23.6 Å². The molecule has 0 atom stereocenters. The van der Waals surface area contributed by atoms with Crippen LogP contribution in [0.25, 0.3) is 0 Å². The second-order valence-corrected chi connectivity index (χ2v) is 5.68. The number of hydrogen-bond donors (Lipinski definition) is 0. The number of likely N-dealkylation sites (tertiary alicyclic amines) is 1. The van der Waals surface area contributed by atoms with Crippen molar-refractivity contribution in [2.75, 3.05) is 19.6 Å². The van der Waals surface area contributed by atoms with Crippen LogP contribution in [0.15, 0.2) is 0 Å². The molecule has 0 unspecified atom stereocenters. The number of nitrogens with zero attached hydrogens (tertiary/aromatic N) is 2. The molecule has 2 fully saturated rings. The van der Waals surface area contributed by atoms with Gasteiger partial charge in [0, 0.05) is 25.7 Å². The van der Waals surface area contributed by atoms with E-state index in [9.17, 15) is 4.79 Å². The molecule has 2 amide bonds. The van der Waals surface area contributed by atoms with Crippen LogP contribution in [0.4, 0.5) is 4.79 Å². The fourth-order valence-electron chi connectivity index (χ4n) is 3.15. The van der Waals surface area contributed by atoms with Crippen molar-refractivity contribution in [3.8, 4) is 0 Å². The fraction of sp³-hybridized carbons (Fsp3) is 0.929. The molecule has 0 aromatic carbocycles. The minimum atomic E-state index is 0.298. The monoisotopic (exact) mass is 238 g/mol. The Morgan fingerprint density at radius 2 is 1.76 bits per heavy atom. The molecule has 1 aliphatic heterocycles. The van der Waals surface area contributed by atoms with Crippen LogP contribution in [0.1, 0.15) is 52.4 Å². The van der Waals surface area contributed by atoms with Crippen LogP contribution in [0.5, 0.6) is 0 Å². The summed E-state index contributed by atoms with van der Waals surface area (Å²) in [5.41, 5.74) is 0. The second kappa shape index (κ2) is 5.74. The molecule has 0 bridgehead atoms. The van der Waals surface area contributed by atoms with E-state index in [1.165, 1.54) is 38.5 Å². The molecular weight excluding hydrogens is 212 g/mol. The van der Waals surface area contributed by atoms with Crippen molar-refractivity contribution in [1.29, 1.82) is 0 Å². The Morgan fingerprint density at radius 1 is 1.18 bits per heavy atom. The van der Waals surface area contributed by atoms with Crippen molar-refractivity contribution in [2.24, 2.45) is 5.92 Å². The molecule has 98 valence electrons. The van der Waals surface area contributed by atoms with Crippen LogP contribution in [0.2, 0.25) is 0 Å². The van der Waals surface area contributed by atoms with Gasteiger partial charge in [0.15, 0.2) is 0 Å². The molecule has 0 aromatic rings. The second-order valence-electron chi connectivity index (χ2n) is 5.68. The van der Waals surface area contributed by atoms with Crippen molar-refractivity contribution in [3.05, 3.63) is 0 Å². The Labute approximate surface area is 105 Å². The molecule has 0 aromatic heterocycles. The SMILES string of the molecule is CCN(C(=O)N1CCC(C)CC1)C1CCCC1. The van der Waals surface area contributed by atoms with Gasteiger partial charge in [-0.2, -0.15) is 0 Å². The summed E-state index contributed by atoms with van der Waals surface area (Å²) in [6.45, 7) is 7.20. The lowest BCUT2D eigenvalue weighted by molar-refractivity contribution is 0.121. The molecule has 1 heterocycles. The maximum absolute atomic E-state index is 12.5. The third-order valence-corrected chi connectivity index (χ3v) is 4.41. The van der Waals surface area contributed by atoms with E-state index in [1.807, 2.05) is 0 Å². The van der Waals surface area contributed by atoms with Gasteiger partial charge < -0.3 is 9.80 Å². The van der Waals surface area contributed by atoms with Crippen molar-refractivity contribution in [2.45, 2.75) is 58.4 Å². The van der Waals surface area contributed by atoms with Crippen molar-refractivity contribution in [1.82, 2.24) is 9.80 Å². The minimum Gasteiger partial charge on any atom is -0.325 e. The summed E-state index contributed by atoms with van der Waals surface area (Å²) < 4.78 is 0. The topological polar surface area (TPSA) is 23.6 Å². The van der Waals surface area contributed by atoms with E-state index < -0.39 is 0 Å². The first-order valence-corrected chi connectivity index (χ1v) is 7.28. The molecule has 3 nitrogen and oxygen atoms in total. The van der Waals surface area contributed by atoms with Crippen LogP contribution < -0.4 is 0 Å². The van der Waals surface area contributed by atoms with Gasteiger partial charge >= 0.3 is 6.03 Å². The summed E-state index contributed by atoms with van der Waals surface area (Å²) in [5.74, 6) is 0.792. The van der Waals surface area contributed by atoms with Gasteiger partial charge in [0.05, 0.1) is 0 Å². The smallest absolute Gasteiger partial charge is 0.320 e. The van der Waals surface area contributed by atoms with Gasteiger partial charge in [0.2, 0.25) is 0 Å². The molecule has 0 radical (unpaired) electrons. The molecule has 1 saturated heterocycles. The molecule has 0 N–H and O–H groups in total. The average Bonchev–Trinajstić information content (AvgIpc) is 2.84. The summed E-state index contributed by atoms with van der Waals surface area (Å²) in [6, 6.07) is 0.818. The van der Waals surface area contributed by atoms with Crippen LogP contribution >= 0.6 is 0 Å². The minimum absolute atomic E-state index is 0.298. The Hall–Kier alpha value is -0.730. The molecule has 0 spiro atoms. The number of carbonyl (C=O) groups is 1. The van der Waals surface area contributed by atoms with Gasteiger partial charge in [-0.15, -0.1) is 0 Å². The number of carbonyl (C=O) groups excluding carboxylic acids is 1. The lowest BCUT2D eigenvalue weighted by atomic mass is 9.99. The summed E-state index contributed by atoms with van der Waals surface area (Å²) >= 11 is 0. The molecule has 3 heteroatoms. The quantitative estimate of drug-likeness (QED) is 0.725. The normalized spacial score (nSPS) is 23.1. The van der Waals surface area contributed by atoms with Crippen LogP contribution in [-0.4, -0.2) is 41.5 Å². The Kier molecular flexibility index (Phi) is 4.30. The summed E-state index contributed by atoms with van der Waals surface area (Å²) in [4.78, 5) is 16.7. The summed E-state index contributed by atoms with van der Waals surface area (Å²) in [7, 11) is 0. The average molecular weight is 238 g/mol. The zero-order valence-electron chi connectivity index (χ0n) is 11.3. The van der Waals surface area contributed by atoms with E-state index in [4.69, 9.17) is 0 Å². The van der Waals surface area contributed by atoms with Gasteiger partial charge in [-0.1, -0.05) is 19.8 Å². The molecule has 17 heavy (non-hydrogen) atoms. The number of rotatable bonds is 2. The zero-order chi connectivity index (χ0) is 12.3.